The summed E-state index contributed by atoms with van der Waals surface area (Å²) in [6.45, 7) is 1.60. The lowest BCUT2D eigenvalue weighted by Gasteiger charge is -2.11. The van der Waals surface area contributed by atoms with Gasteiger partial charge in [-0.15, -0.1) is 0 Å². The molecule has 1 fully saturated rings. The van der Waals surface area contributed by atoms with Gasteiger partial charge in [-0.3, -0.25) is 4.79 Å². The smallest absolute Gasteiger partial charge is 0.241 e. The molecule has 0 saturated carbocycles. The summed E-state index contributed by atoms with van der Waals surface area (Å²) in [5.41, 5.74) is 1.94. The van der Waals surface area contributed by atoms with Crippen LogP contribution in [0.1, 0.15) is 18.4 Å². The first-order chi connectivity index (χ1) is 9.81. The van der Waals surface area contributed by atoms with Gasteiger partial charge in [0.2, 0.25) is 5.91 Å². The molecule has 0 aliphatic carbocycles. The normalized spacial score (nSPS) is 18.1. The molecule has 20 heavy (non-hydrogen) atoms. The molecule has 104 valence electrons. The van der Waals surface area contributed by atoms with E-state index < -0.39 is 0 Å². The minimum atomic E-state index is -0.0511. The monoisotopic (exact) mass is 271 g/mol. The van der Waals surface area contributed by atoms with Gasteiger partial charge in [-0.2, -0.15) is 5.10 Å². The van der Waals surface area contributed by atoms with Crippen LogP contribution in [0.15, 0.2) is 36.9 Å². The number of benzene rings is 1. The Morgan fingerprint density at radius 2 is 2.25 bits per heavy atom. The van der Waals surface area contributed by atoms with Gasteiger partial charge in [-0.25, -0.2) is 9.67 Å². The van der Waals surface area contributed by atoms with E-state index in [4.69, 9.17) is 0 Å². The first-order valence-corrected chi connectivity index (χ1v) is 6.77. The summed E-state index contributed by atoms with van der Waals surface area (Å²) >= 11 is 0. The number of amides is 1. The maximum atomic E-state index is 12.0. The van der Waals surface area contributed by atoms with Crippen molar-refractivity contribution in [3.05, 3.63) is 42.5 Å². The Balaban J connectivity index is 1.59. The van der Waals surface area contributed by atoms with E-state index in [1.165, 1.54) is 6.33 Å². The number of carbonyl (C=O) groups excluding carboxylic acids is 1. The Morgan fingerprint density at radius 1 is 1.40 bits per heavy atom. The van der Waals surface area contributed by atoms with E-state index in [0.29, 0.717) is 6.54 Å². The molecule has 1 aliphatic rings. The van der Waals surface area contributed by atoms with E-state index in [2.05, 4.69) is 20.7 Å². The Labute approximate surface area is 117 Å². The maximum absolute atomic E-state index is 12.0. The molecule has 0 spiro atoms. The van der Waals surface area contributed by atoms with Crippen molar-refractivity contribution in [1.82, 2.24) is 20.1 Å². The highest BCUT2D eigenvalue weighted by Gasteiger charge is 2.21. The molecule has 1 atom stereocenters. The van der Waals surface area contributed by atoms with Crippen LogP contribution in [-0.4, -0.2) is 33.3 Å². The van der Waals surface area contributed by atoms with Gasteiger partial charge in [0.15, 0.2) is 0 Å². The molecule has 1 saturated heterocycles. The SMILES string of the molecule is O=C(Nc1ccc(Cn2cncn2)cc1)[C@H]1CCCN1. The number of anilines is 1. The number of nitrogens with one attached hydrogen (secondary N) is 2. The van der Waals surface area contributed by atoms with Crippen molar-refractivity contribution in [3.8, 4) is 0 Å². The van der Waals surface area contributed by atoms with E-state index >= 15 is 0 Å². The minimum absolute atomic E-state index is 0.0477. The van der Waals surface area contributed by atoms with Gasteiger partial charge in [0, 0.05) is 5.69 Å². The van der Waals surface area contributed by atoms with E-state index in [1.807, 2.05) is 24.3 Å². The van der Waals surface area contributed by atoms with E-state index in [1.54, 1.807) is 11.0 Å². The van der Waals surface area contributed by atoms with E-state index in [0.717, 1.165) is 30.6 Å². The molecule has 3 rings (SSSR count). The Morgan fingerprint density at radius 3 is 2.90 bits per heavy atom. The van der Waals surface area contributed by atoms with Crippen LogP contribution in [0.25, 0.3) is 0 Å². The fraction of sp³-hybridized carbons (Fsp3) is 0.357. The van der Waals surface area contributed by atoms with Crippen molar-refractivity contribution in [2.75, 3.05) is 11.9 Å². The fourth-order valence-corrected chi connectivity index (χ4v) is 2.33. The number of nitrogens with zero attached hydrogens (tertiary/aromatic N) is 3. The molecule has 1 aromatic carbocycles. The Hall–Kier alpha value is -2.21. The van der Waals surface area contributed by atoms with Crippen molar-refractivity contribution in [3.63, 3.8) is 0 Å². The topological polar surface area (TPSA) is 71.8 Å². The first kappa shape index (κ1) is 12.8. The van der Waals surface area contributed by atoms with Gasteiger partial charge >= 0.3 is 0 Å². The van der Waals surface area contributed by atoms with Crippen LogP contribution in [0.3, 0.4) is 0 Å². The van der Waals surface area contributed by atoms with Crippen LogP contribution in [0, 0.1) is 0 Å². The highest BCUT2D eigenvalue weighted by atomic mass is 16.2. The average molecular weight is 271 g/mol. The number of hydrogen-bond acceptors (Lipinski definition) is 4. The fourth-order valence-electron chi connectivity index (χ4n) is 2.33. The highest BCUT2D eigenvalue weighted by molar-refractivity contribution is 5.95. The number of rotatable bonds is 4. The Kier molecular flexibility index (Phi) is 3.73. The largest absolute Gasteiger partial charge is 0.325 e. The van der Waals surface area contributed by atoms with E-state index in [9.17, 15) is 4.79 Å². The van der Waals surface area contributed by atoms with Crippen molar-refractivity contribution in [2.45, 2.75) is 25.4 Å². The standard InChI is InChI=1S/C14H17N5O/c20-14(13-2-1-7-16-13)18-12-5-3-11(4-6-12)8-19-10-15-9-17-19/h3-6,9-10,13,16H,1-2,7-8H2,(H,18,20)/t13-/m1/s1. The highest BCUT2D eigenvalue weighted by Crippen LogP contribution is 2.13. The molecule has 2 heterocycles. The van der Waals surface area contributed by atoms with Gasteiger partial charge in [0.1, 0.15) is 12.7 Å². The third-order valence-electron chi connectivity index (χ3n) is 3.41. The molecular weight excluding hydrogens is 254 g/mol. The molecule has 6 heteroatoms. The number of carbonyl (C=O) groups is 1. The zero-order valence-corrected chi connectivity index (χ0v) is 11.1. The quantitative estimate of drug-likeness (QED) is 0.871. The second-order valence-corrected chi connectivity index (χ2v) is 4.93. The predicted molar refractivity (Wildman–Crippen MR) is 75.2 cm³/mol. The van der Waals surface area contributed by atoms with Crippen LogP contribution in [-0.2, 0) is 11.3 Å². The zero-order chi connectivity index (χ0) is 13.8. The molecule has 1 aromatic heterocycles. The predicted octanol–water partition coefficient (Wildman–Crippen LogP) is 1.02. The number of aromatic nitrogens is 3. The van der Waals surface area contributed by atoms with Crippen LogP contribution in [0.5, 0.6) is 0 Å². The Bertz CT molecular complexity index is 558. The van der Waals surface area contributed by atoms with Crippen molar-refractivity contribution >= 4 is 11.6 Å². The second kappa shape index (κ2) is 5.83. The van der Waals surface area contributed by atoms with Crippen LogP contribution >= 0.6 is 0 Å². The lowest BCUT2D eigenvalue weighted by atomic mass is 10.2. The molecule has 2 aromatic rings. The van der Waals surface area contributed by atoms with Crippen molar-refractivity contribution in [1.29, 1.82) is 0 Å². The summed E-state index contributed by atoms with van der Waals surface area (Å²) in [6.07, 6.45) is 5.18. The van der Waals surface area contributed by atoms with Crippen LogP contribution < -0.4 is 10.6 Å². The van der Waals surface area contributed by atoms with Crippen molar-refractivity contribution < 1.29 is 4.79 Å². The zero-order valence-electron chi connectivity index (χ0n) is 11.1. The van der Waals surface area contributed by atoms with Crippen LogP contribution in [0.2, 0.25) is 0 Å². The third-order valence-corrected chi connectivity index (χ3v) is 3.41. The molecule has 6 nitrogen and oxygen atoms in total. The summed E-state index contributed by atoms with van der Waals surface area (Å²) < 4.78 is 1.76. The third kappa shape index (κ3) is 3.03. The lowest BCUT2D eigenvalue weighted by Crippen LogP contribution is -2.35. The summed E-state index contributed by atoms with van der Waals surface area (Å²) in [6, 6.07) is 7.75. The average Bonchev–Trinajstić information content (AvgIpc) is 3.13. The van der Waals surface area contributed by atoms with Crippen LogP contribution in [0.4, 0.5) is 5.69 Å². The first-order valence-electron chi connectivity index (χ1n) is 6.77. The summed E-state index contributed by atoms with van der Waals surface area (Å²) in [4.78, 5) is 15.9. The number of hydrogen-bond donors (Lipinski definition) is 2. The minimum Gasteiger partial charge on any atom is -0.325 e. The lowest BCUT2D eigenvalue weighted by molar-refractivity contribution is -0.117. The summed E-state index contributed by atoms with van der Waals surface area (Å²) in [5.74, 6) is 0.0477. The van der Waals surface area contributed by atoms with Gasteiger partial charge in [-0.1, -0.05) is 12.1 Å². The summed E-state index contributed by atoms with van der Waals surface area (Å²) in [7, 11) is 0. The molecule has 0 bridgehead atoms. The molecular formula is C14H17N5O. The van der Waals surface area contributed by atoms with Gasteiger partial charge in [-0.05, 0) is 37.1 Å². The molecule has 2 N–H and O–H groups in total. The second-order valence-electron chi connectivity index (χ2n) is 4.93. The summed E-state index contributed by atoms with van der Waals surface area (Å²) in [5, 5.41) is 10.2. The molecule has 0 unspecified atom stereocenters. The maximum Gasteiger partial charge on any atom is 0.241 e. The molecule has 1 amide bonds. The van der Waals surface area contributed by atoms with Gasteiger partial charge in [0.05, 0.1) is 12.6 Å². The van der Waals surface area contributed by atoms with Crippen molar-refractivity contribution in [2.24, 2.45) is 0 Å². The van der Waals surface area contributed by atoms with Gasteiger partial charge < -0.3 is 10.6 Å². The molecule has 1 aliphatic heterocycles. The van der Waals surface area contributed by atoms with E-state index in [-0.39, 0.29) is 11.9 Å². The molecule has 0 radical (unpaired) electrons. The van der Waals surface area contributed by atoms with Gasteiger partial charge in [0.25, 0.3) is 0 Å².